The molecule has 1 saturated heterocycles. The molecule has 1 N–H and O–H groups in total. The van der Waals surface area contributed by atoms with Crippen molar-refractivity contribution in [2.45, 2.75) is 6.42 Å². The van der Waals surface area contributed by atoms with Gasteiger partial charge in [0.25, 0.3) is 0 Å². The average molecular weight is 311 g/mol. The largest absolute Gasteiger partial charge is 0.324 e. The molecule has 0 aromatic heterocycles. The van der Waals surface area contributed by atoms with Crippen LogP contribution in [0.3, 0.4) is 0 Å². The first-order valence-electron chi connectivity index (χ1n) is 5.39. The minimum Gasteiger partial charge on any atom is -0.324 e. The summed E-state index contributed by atoms with van der Waals surface area (Å²) >= 11 is 3.31. The van der Waals surface area contributed by atoms with Gasteiger partial charge in [0.15, 0.2) is 0 Å². The number of rotatable bonds is 2. The molecule has 0 saturated carbocycles. The number of carbonyl (C=O) groups excluding carboxylic acids is 3. The topological polar surface area (TPSA) is 66.5 Å². The molecule has 0 spiro atoms. The van der Waals surface area contributed by atoms with Gasteiger partial charge < -0.3 is 4.90 Å². The van der Waals surface area contributed by atoms with Crippen molar-refractivity contribution < 1.29 is 14.4 Å². The van der Waals surface area contributed by atoms with Gasteiger partial charge in [-0.05, 0) is 17.7 Å². The van der Waals surface area contributed by atoms with Gasteiger partial charge in [0.1, 0.15) is 13.1 Å². The zero-order valence-electron chi connectivity index (χ0n) is 9.48. The van der Waals surface area contributed by atoms with Crippen molar-refractivity contribution >= 4 is 33.7 Å². The van der Waals surface area contributed by atoms with Gasteiger partial charge in [-0.25, -0.2) is 0 Å². The summed E-state index contributed by atoms with van der Waals surface area (Å²) < 4.78 is 0.936. The highest BCUT2D eigenvalue weighted by Gasteiger charge is 2.25. The second kappa shape index (κ2) is 5.30. The number of carbonyl (C=O) groups is 3. The molecule has 0 atom stereocenters. The molecule has 1 fully saturated rings. The van der Waals surface area contributed by atoms with E-state index in [0.717, 1.165) is 10.0 Å². The first-order valence-corrected chi connectivity index (χ1v) is 6.19. The molecule has 0 radical (unpaired) electrons. The molecule has 18 heavy (non-hydrogen) atoms. The minimum atomic E-state index is -0.435. The van der Waals surface area contributed by atoms with Crippen molar-refractivity contribution in [3.63, 3.8) is 0 Å². The maximum atomic E-state index is 11.9. The van der Waals surface area contributed by atoms with Gasteiger partial charge in [-0.1, -0.05) is 28.1 Å². The molecule has 5 nitrogen and oxygen atoms in total. The van der Waals surface area contributed by atoms with E-state index in [0.29, 0.717) is 0 Å². The molecule has 1 aromatic rings. The molecule has 1 aromatic carbocycles. The third-order valence-electron chi connectivity index (χ3n) is 2.57. The summed E-state index contributed by atoms with van der Waals surface area (Å²) in [6.45, 7) is -0.109. The molecular formula is C12H11BrN2O3. The normalized spacial score (nSPS) is 15.5. The summed E-state index contributed by atoms with van der Waals surface area (Å²) in [5.74, 6) is -1.09. The number of imide groups is 1. The van der Waals surface area contributed by atoms with E-state index in [1.54, 1.807) is 0 Å². The van der Waals surface area contributed by atoms with Gasteiger partial charge in [-0.15, -0.1) is 0 Å². The molecule has 1 heterocycles. The molecule has 3 amide bonds. The van der Waals surface area contributed by atoms with Gasteiger partial charge in [0.05, 0.1) is 6.42 Å². The Bertz CT molecular complexity index is 483. The number of benzene rings is 1. The van der Waals surface area contributed by atoms with Crippen molar-refractivity contribution in [1.82, 2.24) is 10.2 Å². The first kappa shape index (κ1) is 12.8. The van der Waals surface area contributed by atoms with Crippen molar-refractivity contribution in [2.75, 3.05) is 13.1 Å². The summed E-state index contributed by atoms with van der Waals surface area (Å²) in [7, 11) is 0. The fourth-order valence-electron chi connectivity index (χ4n) is 1.70. The molecule has 1 aliphatic heterocycles. The van der Waals surface area contributed by atoms with Crippen LogP contribution in [-0.2, 0) is 20.8 Å². The molecular weight excluding hydrogens is 300 g/mol. The maximum absolute atomic E-state index is 11.9. The lowest BCUT2D eigenvalue weighted by atomic mass is 10.1. The smallest absolute Gasteiger partial charge is 0.246 e. The standard InChI is InChI=1S/C12H11BrN2O3/c13-9-3-1-8(2-4-9)5-12(18)15-6-10(16)14-11(17)7-15/h1-4H,5-7H2,(H,14,16,17). The number of nitrogens with zero attached hydrogens (tertiary/aromatic N) is 1. The molecule has 0 aliphatic carbocycles. The predicted octanol–water partition coefficient (Wildman–Crippen LogP) is 0.477. The van der Waals surface area contributed by atoms with E-state index < -0.39 is 11.8 Å². The highest BCUT2D eigenvalue weighted by atomic mass is 79.9. The van der Waals surface area contributed by atoms with E-state index in [4.69, 9.17) is 0 Å². The highest BCUT2D eigenvalue weighted by Crippen LogP contribution is 2.12. The van der Waals surface area contributed by atoms with Crippen molar-refractivity contribution in [2.24, 2.45) is 0 Å². The second-order valence-corrected chi connectivity index (χ2v) is 4.94. The quantitative estimate of drug-likeness (QED) is 0.808. The Labute approximate surface area is 112 Å². The van der Waals surface area contributed by atoms with Crippen LogP contribution in [0.25, 0.3) is 0 Å². The SMILES string of the molecule is O=C1CN(C(=O)Cc2ccc(Br)cc2)CC(=O)N1. The van der Waals surface area contributed by atoms with Crippen molar-refractivity contribution in [3.05, 3.63) is 34.3 Å². The lowest BCUT2D eigenvalue weighted by Gasteiger charge is -2.25. The van der Waals surface area contributed by atoms with Crippen LogP contribution in [0.1, 0.15) is 5.56 Å². The van der Waals surface area contributed by atoms with Crippen LogP contribution < -0.4 is 5.32 Å². The number of hydrogen-bond acceptors (Lipinski definition) is 3. The third-order valence-corrected chi connectivity index (χ3v) is 3.10. The van der Waals surface area contributed by atoms with E-state index in [1.165, 1.54) is 4.90 Å². The van der Waals surface area contributed by atoms with Crippen molar-refractivity contribution in [3.8, 4) is 0 Å². The summed E-state index contributed by atoms with van der Waals surface area (Å²) in [6, 6.07) is 7.34. The van der Waals surface area contributed by atoms with E-state index in [-0.39, 0.29) is 25.4 Å². The van der Waals surface area contributed by atoms with Crippen LogP contribution in [0, 0.1) is 0 Å². The van der Waals surface area contributed by atoms with E-state index >= 15 is 0 Å². The Morgan fingerprint density at radius 1 is 1.17 bits per heavy atom. The fourth-order valence-corrected chi connectivity index (χ4v) is 1.97. The van der Waals surface area contributed by atoms with Crippen LogP contribution in [0.5, 0.6) is 0 Å². The number of amides is 3. The lowest BCUT2D eigenvalue weighted by molar-refractivity contribution is -0.145. The van der Waals surface area contributed by atoms with Crippen LogP contribution in [-0.4, -0.2) is 35.7 Å². The predicted molar refractivity (Wildman–Crippen MR) is 67.6 cm³/mol. The summed E-state index contributed by atoms with van der Waals surface area (Å²) in [5.41, 5.74) is 0.849. The van der Waals surface area contributed by atoms with E-state index in [2.05, 4.69) is 21.2 Å². The van der Waals surface area contributed by atoms with Gasteiger partial charge in [0.2, 0.25) is 17.7 Å². The average Bonchev–Trinajstić information content (AvgIpc) is 2.31. The monoisotopic (exact) mass is 310 g/mol. The maximum Gasteiger partial charge on any atom is 0.246 e. The number of nitrogens with one attached hydrogen (secondary N) is 1. The van der Waals surface area contributed by atoms with E-state index in [9.17, 15) is 14.4 Å². The lowest BCUT2D eigenvalue weighted by Crippen LogP contribution is -2.53. The zero-order chi connectivity index (χ0) is 13.1. The Morgan fingerprint density at radius 2 is 1.72 bits per heavy atom. The summed E-state index contributed by atoms with van der Waals surface area (Å²) in [6.07, 6.45) is 0.188. The number of halogens is 1. The van der Waals surface area contributed by atoms with Gasteiger partial charge in [-0.2, -0.15) is 0 Å². The number of hydrogen-bond donors (Lipinski definition) is 1. The van der Waals surface area contributed by atoms with Gasteiger partial charge in [0, 0.05) is 4.47 Å². The first-order chi connectivity index (χ1) is 8.54. The molecule has 0 unspecified atom stereocenters. The van der Waals surface area contributed by atoms with E-state index in [1.807, 2.05) is 24.3 Å². The Hall–Kier alpha value is -1.69. The minimum absolute atomic E-state index is 0.0545. The highest BCUT2D eigenvalue weighted by molar-refractivity contribution is 9.10. The van der Waals surface area contributed by atoms with Gasteiger partial charge in [-0.3, -0.25) is 19.7 Å². The molecule has 0 bridgehead atoms. The third kappa shape index (κ3) is 3.16. The van der Waals surface area contributed by atoms with Crippen LogP contribution in [0.4, 0.5) is 0 Å². The zero-order valence-corrected chi connectivity index (χ0v) is 11.1. The van der Waals surface area contributed by atoms with Crippen LogP contribution >= 0.6 is 15.9 Å². The molecule has 94 valence electrons. The molecule has 1 aliphatic rings. The fraction of sp³-hybridized carbons (Fsp3) is 0.250. The van der Waals surface area contributed by atoms with Crippen LogP contribution in [0.2, 0.25) is 0 Å². The molecule has 2 rings (SSSR count). The Balaban J connectivity index is 2.01. The van der Waals surface area contributed by atoms with Crippen molar-refractivity contribution in [1.29, 1.82) is 0 Å². The molecule has 6 heteroatoms. The van der Waals surface area contributed by atoms with Gasteiger partial charge >= 0.3 is 0 Å². The second-order valence-electron chi connectivity index (χ2n) is 4.02. The van der Waals surface area contributed by atoms with Crippen LogP contribution in [0.15, 0.2) is 28.7 Å². The Morgan fingerprint density at radius 3 is 2.28 bits per heavy atom. The number of piperazine rings is 1. The summed E-state index contributed by atoms with van der Waals surface area (Å²) in [4.78, 5) is 35.5. The Kier molecular flexibility index (Phi) is 3.76. The summed E-state index contributed by atoms with van der Waals surface area (Å²) in [5, 5.41) is 2.16.